The summed E-state index contributed by atoms with van der Waals surface area (Å²) in [5, 5.41) is 13.8. The summed E-state index contributed by atoms with van der Waals surface area (Å²) in [6, 6.07) is 27.5. The standard InChI is InChI=1S/C40H34N2O12/c1-49-34-19-24(23-53-40(46)54-32-16-14-31(15-17-32)42(47)48)20-35(50-2)36(34)37(43)41-22-30-21-29(25-5-9-27(10-6-25)38(44)51-3)13-18-33(30)26-7-11-28(12-8-26)39(45)52-4/h5-21H,22-23H2,1-4H3,(H,41,43). The van der Waals surface area contributed by atoms with E-state index in [9.17, 15) is 29.3 Å². The van der Waals surface area contributed by atoms with Gasteiger partial charge in [0.1, 0.15) is 29.4 Å². The number of non-ortho nitro benzene ring substituents is 1. The second kappa shape index (κ2) is 17.3. The molecule has 0 saturated carbocycles. The molecule has 0 radical (unpaired) electrons. The largest absolute Gasteiger partial charge is 0.514 e. The third-order valence-corrected chi connectivity index (χ3v) is 8.20. The van der Waals surface area contributed by atoms with Crippen LogP contribution in [0.25, 0.3) is 22.3 Å². The first-order valence-electron chi connectivity index (χ1n) is 16.2. The number of methoxy groups -OCH3 is 4. The zero-order valence-electron chi connectivity index (χ0n) is 29.6. The van der Waals surface area contributed by atoms with E-state index in [0.29, 0.717) is 16.7 Å². The first kappa shape index (κ1) is 38.0. The lowest BCUT2D eigenvalue weighted by Gasteiger charge is -2.17. The van der Waals surface area contributed by atoms with E-state index in [2.05, 4.69) is 5.32 Å². The van der Waals surface area contributed by atoms with Crippen LogP contribution in [0.3, 0.4) is 0 Å². The van der Waals surface area contributed by atoms with Crippen LogP contribution in [-0.4, -0.2) is 57.4 Å². The third kappa shape index (κ3) is 8.98. The number of nitro benzene ring substituents is 1. The van der Waals surface area contributed by atoms with E-state index < -0.39 is 28.9 Å². The number of carbonyl (C=O) groups is 4. The van der Waals surface area contributed by atoms with Crippen LogP contribution < -0.4 is 19.5 Å². The minimum atomic E-state index is -1.05. The van der Waals surface area contributed by atoms with Gasteiger partial charge in [0.15, 0.2) is 0 Å². The summed E-state index contributed by atoms with van der Waals surface area (Å²) in [5.41, 5.74) is 5.08. The highest BCUT2D eigenvalue weighted by Gasteiger charge is 2.22. The van der Waals surface area contributed by atoms with Gasteiger partial charge in [0.25, 0.3) is 11.6 Å². The molecule has 0 spiro atoms. The Kier molecular flexibility index (Phi) is 12.2. The van der Waals surface area contributed by atoms with Gasteiger partial charge in [0.05, 0.1) is 44.5 Å². The van der Waals surface area contributed by atoms with Gasteiger partial charge in [0, 0.05) is 18.7 Å². The number of nitro groups is 1. The van der Waals surface area contributed by atoms with Crippen molar-refractivity contribution in [1.29, 1.82) is 0 Å². The van der Waals surface area contributed by atoms with Gasteiger partial charge in [-0.25, -0.2) is 14.4 Å². The highest BCUT2D eigenvalue weighted by molar-refractivity contribution is 6.00. The molecular weight excluding hydrogens is 700 g/mol. The summed E-state index contributed by atoms with van der Waals surface area (Å²) in [7, 11) is 5.38. The van der Waals surface area contributed by atoms with E-state index in [4.69, 9.17) is 28.4 Å². The minimum absolute atomic E-state index is 0.0520. The fourth-order valence-corrected chi connectivity index (χ4v) is 5.46. The maximum Gasteiger partial charge on any atom is 0.514 e. The van der Waals surface area contributed by atoms with E-state index in [1.165, 1.54) is 64.8 Å². The summed E-state index contributed by atoms with van der Waals surface area (Å²) in [6.45, 7) is -0.210. The van der Waals surface area contributed by atoms with E-state index in [1.807, 2.05) is 18.2 Å². The van der Waals surface area contributed by atoms with E-state index in [-0.39, 0.29) is 41.7 Å². The number of nitrogens with one attached hydrogen (secondary N) is 1. The second-order valence-electron chi connectivity index (χ2n) is 11.5. The first-order chi connectivity index (χ1) is 26.0. The number of hydrogen-bond acceptors (Lipinski definition) is 12. The normalized spacial score (nSPS) is 10.4. The van der Waals surface area contributed by atoms with Gasteiger partial charge in [-0.05, 0) is 88.0 Å². The molecule has 0 fully saturated rings. The molecule has 0 unspecified atom stereocenters. The average molecular weight is 735 g/mol. The van der Waals surface area contributed by atoms with Crippen LogP contribution in [0.1, 0.15) is 42.2 Å². The predicted molar refractivity (Wildman–Crippen MR) is 195 cm³/mol. The lowest BCUT2D eigenvalue weighted by Crippen LogP contribution is -2.24. The van der Waals surface area contributed by atoms with Crippen molar-refractivity contribution in [2.75, 3.05) is 28.4 Å². The minimum Gasteiger partial charge on any atom is -0.496 e. The highest BCUT2D eigenvalue weighted by atomic mass is 16.7. The maximum absolute atomic E-state index is 13.8. The summed E-state index contributed by atoms with van der Waals surface area (Å²) < 4.78 is 31.0. The number of esters is 2. The molecule has 0 heterocycles. The van der Waals surface area contributed by atoms with Crippen LogP contribution in [0.15, 0.2) is 103 Å². The Morgan fingerprint density at radius 3 is 1.72 bits per heavy atom. The molecule has 0 saturated heterocycles. The molecule has 0 atom stereocenters. The average Bonchev–Trinajstić information content (AvgIpc) is 3.21. The fraction of sp³-hybridized carbons (Fsp3) is 0.150. The molecule has 1 N–H and O–H groups in total. The first-order valence-corrected chi connectivity index (χ1v) is 16.2. The lowest BCUT2D eigenvalue weighted by atomic mass is 9.94. The van der Waals surface area contributed by atoms with Crippen LogP contribution in [-0.2, 0) is 27.4 Å². The van der Waals surface area contributed by atoms with Crippen LogP contribution in [0.5, 0.6) is 17.2 Å². The Hall–Kier alpha value is -7.22. The molecule has 1 amide bonds. The van der Waals surface area contributed by atoms with Gasteiger partial charge < -0.3 is 33.7 Å². The molecule has 276 valence electrons. The summed E-state index contributed by atoms with van der Waals surface area (Å²) in [6.07, 6.45) is -1.05. The SMILES string of the molecule is COC(=O)c1ccc(-c2ccc(-c3ccc(C(=O)OC)cc3)c(CNC(=O)c3c(OC)cc(COC(=O)Oc4ccc([N+](=O)[O-])cc4)cc3OC)c2)cc1. The number of benzene rings is 5. The number of amides is 1. The lowest BCUT2D eigenvalue weighted by molar-refractivity contribution is -0.384. The Morgan fingerprint density at radius 1 is 0.667 bits per heavy atom. The van der Waals surface area contributed by atoms with E-state index in [1.54, 1.807) is 48.5 Å². The van der Waals surface area contributed by atoms with Gasteiger partial charge >= 0.3 is 18.1 Å². The van der Waals surface area contributed by atoms with Gasteiger partial charge in [-0.15, -0.1) is 0 Å². The highest BCUT2D eigenvalue weighted by Crippen LogP contribution is 2.33. The van der Waals surface area contributed by atoms with Crippen LogP contribution in [0.2, 0.25) is 0 Å². The summed E-state index contributed by atoms with van der Waals surface area (Å²) >= 11 is 0. The molecule has 0 bridgehead atoms. The molecule has 0 aliphatic rings. The van der Waals surface area contributed by atoms with Crippen molar-refractivity contribution in [2.45, 2.75) is 13.2 Å². The monoisotopic (exact) mass is 734 g/mol. The van der Waals surface area contributed by atoms with E-state index >= 15 is 0 Å². The zero-order chi connectivity index (χ0) is 38.8. The Balaban J connectivity index is 1.37. The number of nitrogens with zero attached hydrogens (tertiary/aromatic N) is 1. The Bertz CT molecular complexity index is 2160. The smallest absolute Gasteiger partial charge is 0.496 e. The van der Waals surface area contributed by atoms with Gasteiger partial charge in [-0.1, -0.05) is 36.4 Å². The van der Waals surface area contributed by atoms with Crippen LogP contribution in [0, 0.1) is 10.1 Å². The molecule has 5 aromatic rings. The molecule has 0 aromatic heterocycles. The predicted octanol–water partition coefficient (Wildman–Crippen LogP) is 7.16. The maximum atomic E-state index is 13.8. The van der Waals surface area contributed by atoms with Gasteiger partial charge in [-0.3, -0.25) is 14.9 Å². The molecule has 0 aliphatic carbocycles. The van der Waals surface area contributed by atoms with Crippen molar-refractivity contribution in [3.05, 3.63) is 141 Å². The summed E-state index contributed by atoms with van der Waals surface area (Å²) in [4.78, 5) is 60.4. The molecule has 14 heteroatoms. The fourth-order valence-electron chi connectivity index (χ4n) is 5.46. The Labute approximate surface area is 309 Å². The topological polar surface area (TPSA) is 179 Å². The molecule has 14 nitrogen and oxygen atoms in total. The van der Waals surface area contributed by atoms with Crippen molar-refractivity contribution < 1.29 is 52.5 Å². The van der Waals surface area contributed by atoms with Gasteiger partial charge in [0.2, 0.25) is 0 Å². The van der Waals surface area contributed by atoms with Crippen LogP contribution in [0.4, 0.5) is 10.5 Å². The van der Waals surface area contributed by atoms with Gasteiger partial charge in [-0.2, -0.15) is 0 Å². The second-order valence-corrected chi connectivity index (χ2v) is 11.5. The molecule has 5 rings (SSSR count). The molecular formula is C40H34N2O12. The third-order valence-electron chi connectivity index (χ3n) is 8.20. The van der Waals surface area contributed by atoms with Crippen LogP contribution >= 0.6 is 0 Å². The van der Waals surface area contributed by atoms with Crippen molar-refractivity contribution in [3.63, 3.8) is 0 Å². The zero-order valence-corrected chi connectivity index (χ0v) is 29.6. The van der Waals surface area contributed by atoms with Crippen molar-refractivity contribution >= 4 is 29.7 Å². The molecule has 54 heavy (non-hydrogen) atoms. The van der Waals surface area contributed by atoms with Crippen molar-refractivity contribution in [2.24, 2.45) is 0 Å². The Morgan fingerprint density at radius 2 is 1.20 bits per heavy atom. The number of ether oxygens (including phenoxy) is 6. The van der Waals surface area contributed by atoms with Crippen molar-refractivity contribution in [1.82, 2.24) is 5.32 Å². The quantitative estimate of drug-likeness (QED) is 0.0425. The number of carbonyl (C=O) groups excluding carboxylic acids is 4. The number of hydrogen-bond donors (Lipinski definition) is 1. The van der Waals surface area contributed by atoms with E-state index in [0.717, 1.165) is 27.8 Å². The molecule has 5 aromatic carbocycles. The number of rotatable bonds is 13. The summed E-state index contributed by atoms with van der Waals surface area (Å²) in [5.74, 6) is -1.10. The van der Waals surface area contributed by atoms with Crippen molar-refractivity contribution in [3.8, 4) is 39.5 Å². The molecule has 0 aliphatic heterocycles.